The monoisotopic (exact) mass is 296 g/mol. The van der Waals surface area contributed by atoms with Gasteiger partial charge in [0.25, 0.3) is 5.91 Å². The molecule has 0 unspecified atom stereocenters. The highest BCUT2D eigenvalue weighted by Gasteiger charge is 2.28. The number of carbonyl (C=O) groups is 2. The number of aliphatic carboxylic acids is 1. The molecule has 1 atom stereocenters. The van der Waals surface area contributed by atoms with Crippen molar-refractivity contribution in [2.75, 3.05) is 6.54 Å². The molecule has 0 radical (unpaired) electrons. The van der Waals surface area contributed by atoms with Crippen molar-refractivity contribution in [2.45, 2.75) is 38.1 Å². The van der Waals surface area contributed by atoms with Gasteiger partial charge < -0.3 is 10.0 Å². The van der Waals surface area contributed by atoms with Crippen molar-refractivity contribution in [1.82, 2.24) is 9.88 Å². The molecule has 1 saturated heterocycles. The number of likely N-dealkylation sites (tertiary alicyclic amines) is 1. The summed E-state index contributed by atoms with van der Waals surface area (Å²) in [6.45, 7) is 0.655. The molecule has 1 aromatic heterocycles. The molecule has 1 aromatic rings. The van der Waals surface area contributed by atoms with Crippen molar-refractivity contribution in [3.8, 4) is 0 Å². The highest BCUT2D eigenvalue weighted by atomic mass is 35.5. The maximum atomic E-state index is 12.5. The minimum atomic E-state index is -0.829. The van der Waals surface area contributed by atoms with Crippen LogP contribution in [0.1, 0.15) is 42.5 Å². The van der Waals surface area contributed by atoms with Crippen LogP contribution in [-0.2, 0) is 4.79 Å². The summed E-state index contributed by atoms with van der Waals surface area (Å²) in [4.78, 5) is 28.9. The van der Waals surface area contributed by atoms with E-state index in [0.717, 1.165) is 19.3 Å². The Morgan fingerprint density at radius 2 is 2.25 bits per heavy atom. The number of carboxylic acid groups (broad SMARTS) is 1. The van der Waals surface area contributed by atoms with Crippen LogP contribution < -0.4 is 0 Å². The molecule has 0 bridgehead atoms. The summed E-state index contributed by atoms with van der Waals surface area (Å²) in [7, 11) is 0. The first-order valence-corrected chi connectivity index (χ1v) is 7.09. The van der Waals surface area contributed by atoms with Crippen molar-refractivity contribution >= 4 is 23.5 Å². The van der Waals surface area contributed by atoms with E-state index in [4.69, 9.17) is 16.7 Å². The molecule has 1 N–H and O–H groups in total. The van der Waals surface area contributed by atoms with Crippen LogP contribution in [-0.4, -0.2) is 39.5 Å². The summed E-state index contributed by atoms with van der Waals surface area (Å²) in [6, 6.07) is 1.59. The van der Waals surface area contributed by atoms with Gasteiger partial charge in [0.1, 0.15) is 0 Å². The third kappa shape index (κ3) is 3.48. The first kappa shape index (κ1) is 14.8. The van der Waals surface area contributed by atoms with Crippen LogP contribution in [0, 0.1) is 0 Å². The topological polar surface area (TPSA) is 70.5 Å². The SMILES string of the molecule is O=C(O)CC[C@@H]1CCCCN1C(=O)c1ccncc1Cl. The van der Waals surface area contributed by atoms with Crippen LogP contribution in [0.2, 0.25) is 5.02 Å². The number of amides is 1. The lowest BCUT2D eigenvalue weighted by Gasteiger charge is -2.35. The molecule has 5 nitrogen and oxygen atoms in total. The maximum Gasteiger partial charge on any atom is 0.303 e. The Hall–Kier alpha value is -1.62. The maximum absolute atomic E-state index is 12.5. The largest absolute Gasteiger partial charge is 0.481 e. The van der Waals surface area contributed by atoms with Crippen LogP contribution in [0.25, 0.3) is 0 Å². The van der Waals surface area contributed by atoms with Crippen molar-refractivity contribution in [2.24, 2.45) is 0 Å². The predicted molar refractivity (Wildman–Crippen MR) is 74.8 cm³/mol. The van der Waals surface area contributed by atoms with Crippen LogP contribution in [0.3, 0.4) is 0 Å². The number of hydrogen-bond donors (Lipinski definition) is 1. The second kappa shape index (κ2) is 6.70. The van der Waals surface area contributed by atoms with Crippen LogP contribution in [0.15, 0.2) is 18.5 Å². The lowest BCUT2D eigenvalue weighted by Crippen LogP contribution is -2.44. The smallest absolute Gasteiger partial charge is 0.303 e. The van der Waals surface area contributed by atoms with Gasteiger partial charge in [0.2, 0.25) is 0 Å². The van der Waals surface area contributed by atoms with Crippen molar-refractivity contribution < 1.29 is 14.7 Å². The second-order valence-electron chi connectivity index (χ2n) is 4.94. The number of pyridine rings is 1. The van der Waals surface area contributed by atoms with E-state index >= 15 is 0 Å². The van der Waals surface area contributed by atoms with E-state index in [9.17, 15) is 9.59 Å². The van der Waals surface area contributed by atoms with Crippen LogP contribution in [0.4, 0.5) is 0 Å². The highest BCUT2D eigenvalue weighted by molar-refractivity contribution is 6.33. The Morgan fingerprint density at radius 1 is 1.45 bits per heavy atom. The number of halogens is 1. The fraction of sp³-hybridized carbons (Fsp3) is 0.500. The van der Waals surface area contributed by atoms with Crippen molar-refractivity contribution in [1.29, 1.82) is 0 Å². The summed E-state index contributed by atoms with van der Waals surface area (Å²) >= 11 is 6.01. The summed E-state index contributed by atoms with van der Waals surface area (Å²) < 4.78 is 0. The van der Waals surface area contributed by atoms with Crippen LogP contribution >= 0.6 is 11.6 Å². The molecule has 20 heavy (non-hydrogen) atoms. The van der Waals surface area contributed by atoms with Crippen molar-refractivity contribution in [3.63, 3.8) is 0 Å². The summed E-state index contributed by atoms with van der Waals surface area (Å²) in [6.07, 6.45) is 6.38. The Bertz CT molecular complexity index is 507. The molecule has 6 heteroatoms. The van der Waals surface area contributed by atoms with Crippen LogP contribution in [0.5, 0.6) is 0 Å². The summed E-state index contributed by atoms with van der Waals surface area (Å²) in [5.74, 6) is -0.961. The standard InChI is InChI=1S/C14H17ClN2O3/c15-12-9-16-7-6-11(12)14(20)17-8-2-1-3-10(17)4-5-13(18)19/h6-7,9-10H,1-5,8H2,(H,18,19)/t10-/m0/s1. The highest BCUT2D eigenvalue weighted by Crippen LogP contribution is 2.25. The average Bonchev–Trinajstić information content (AvgIpc) is 2.45. The number of carboxylic acids is 1. The zero-order valence-electron chi connectivity index (χ0n) is 11.1. The van der Waals surface area contributed by atoms with Gasteiger partial charge in [-0.05, 0) is 31.7 Å². The van der Waals surface area contributed by atoms with E-state index in [-0.39, 0.29) is 18.4 Å². The molecular formula is C14H17ClN2O3. The van der Waals surface area contributed by atoms with Gasteiger partial charge in [0.15, 0.2) is 0 Å². The fourth-order valence-electron chi connectivity index (χ4n) is 2.56. The van der Waals surface area contributed by atoms with Gasteiger partial charge in [-0.3, -0.25) is 14.6 Å². The molecule has 1 aliphatic heterocycles. The van der Waals surface area contributed by atoms with Gasteiger partial charge in [-0.25, -0.2) is 0 Å². The quantitative estimate of drug-likeness (QED) is 0.927. The molecule has 0 spiro atoms. The fourth-order valence-corrected chi connectivity index (χ4v) is 2.76. The van der Waals surface area contributed by atoms with Gasteiger partial charge in [-0.15, -0.1) is 0 Å². The molecule has 1 aliphatic rings. The third-order valence-electron chi connectivity index (χ3n) is 3.58. The molecule has 0 saturated carbocycles. The van der Waals surface area contributed by atoms with Gasteiger partial charge in [-0.2, -0.15) is 0 Å². The normalized spacial score (nSPS) is 18.9. The first-order valence-electron chi connectivity index (χ1n) is 6.72. The number of nitrogens with zero attached hydrogens (tertiary/aromatic N) is 2. The predicted octanol–water partition coefficient (Wildman–Crippen LogP) is 2.59. The Morgan fingerprint density at radius 3 is 2.95 bits per heavy atom. The Balaban J connectivity index is 2.13. The van der Waals surface area contributed by atoms with Gasteiger partial charge in [0, 0.05) is 31.4 Å². The lowest BCUT2D eigenvalue weighted by atomic mass is 9.97. The summed E-state index contributed by atoms with van der Waals surface area (Å²) in [5, 5.41) is 9.13. The minimum Gasteiger partial charge on any atom is -0.481 e. The Kier molecular flexibility index (Phi) is 4.95. The molecule has 0 aliphatic carbocycles. The van der Waals surface area contributed by atoms with Gasteiger partial charge >= 0.3 is 5.97 Å². The van der Waals surface area contributed by atoms with Crippen molar-refractivity contribution in [3.05, 3.63) is 29.0 Å². The minimum absolute atomic E-state index is 0.0171. The third-order valence-corrected chi connectivity index (χ3v) is 3.88. The van der Waals surface area contributed by atoms with E-state index in [0.29, 0.717) is 23.6 Å². The Labute approximate surface area is 122 Å². The number of piperidine rings is 1. The molecule has 1 fully saturated rings. The zero-order chi connectivity index (χ0) is 14.5. The number of aromatic nitrogens is 1. The van der Waals surface area contributed by atoms with Gasteiger partial charge in [0.05, 0.1) is 10.6 Å². The number of carbonyl (C=O) groups excluding carboxylic acids is 1. The van der Waals surface area contributed by atoms with E-state index < -0.39 is 5.97 Å². The van der Waals surface area contributed by atoms with E-state index in [2.05, 4.69) is 4.98 Å². The average molecular weight is 297 g/mol. The molecule has 1 amide bonds. The number of hydrogen-bond acceptors (Lipinski definition) is 3. The number of rotatable bonds is 4. The molecular weight excluding hydrogens is 280 g/mol. The van der Waals surface area contributed by atoms with E-state index in [1.807, 2.05) is 0 Å². The first-order chi connectivity index (χ1) is 9.59. The molecule has 2 heterocycles. The van der Waals surface area contributed by atoms with E-state index in [1.165, 1.54) is 12.4 Å². The van der Waals surface area contributed by atoms with E-state index in [1.54, 1.807) is 11.0 Å². The molecule has 0 aromatic carbocycles. The lowest BCUT2D eigenvalue weighted by molar-refractivity contribution is -0.137. The van der Waals surface area contributed by atoms with Gasteiger partial charge in [-0.1, -0.05) is 11.6 Å². The zero-order valence-corrected chi connectivity index (χ0v) is 11.8. The summed E-state index contributed by atoms with van der Waals surface area (Å²) in [5.41, 5.74) is 0.434. The second-order valence-corrected chi connectivity index (χ2v) is 5.34. The molecule has 108 valence electrons. The molecule has 2 rings (SSSR count).